The lowest BCUT2D eigenvalue weighted by atomic mass is 10.1. The van der Waals surface area contributed by atoms with E-state index in [1.54, 1.807) is 6.20 Å². The molecule has 0 saturated heterocycles. The molecule has 0 aromatic carbocycles. The van der Waals surface area contributed by atoms with Crippen LogP contribution in [0.15, 0.2) is 18.3 Å². The molecule has 1 amide bonds. The van der Waals surface area contributed by atoms with Crippen LogP contribution in [0.4, 0.5) is 0 Å². The Hall–Kier alpha value is -1.42. The lowest BCUT2D eigenvalue weighted by Crippen LogP contribution is -2.31. The maximum atomic E-state index is 11.6. The quantitative estimate of drug-likeness (QED) is 0.783. The Morgan fingerprint density at radius 2 is 2.29 bits per heavy atom. The number of pyridine rings is 1. The van der Waals surface area contributed by atoms with Gasteiger partial charge in [0.1, 0.15) is 0 Å². The molecule has 3 N–H and O–H groups in total. The summed E-state index contributed by atoms with van der Waals surface area (Å²) in [6.07, 6.45) is 3.87. The van der Waals surface area contributed by atoms with Crippen LogP contribution in [0.2, 0.25) is 0 Å². The topological polar surface area (TPSA) is 68.0 Å². The van der Waals surface area contributed by atoms with E-state index < -0.39 is 0 Å². The van der Waals surface area contributed by atoms with Crippen LogP contribution in [0.3, 0.4) is 0 Å². The minimum atomic E-state index is -0.0515. The lowest BCUT2D eigenvalue weighted by molar-refractivity contribution is -0.121. The molecule has 0 aliphatic carbocycles. The van der Waals surface area contributed by atoms with Crippen molar-refractivity contribution in [2.75, 3.05) is 0 Å². The van der Waals surface area contributed by atoms with E-state index in [0.29, 0.717) is 13.0 Å². The average Bonchev–Trinajstić information content (AvgIpc) is 2.36. The summed E-state index contributed by atoms with van der Waals surface area (Å²) in [5.41, 5.74) is 7.83. The predicted octanol–water partition coefficient (Wildman–Crippen LogP) is 1.39. The van der Waals surface area contributed by atoms with Gasteiger partial charge in [0.05, 0.1) is 12.2 Å². The standard InChI is InChI=1S/C13H21N3O/c1-3-10-6-5-7-15-12(10)9-16-13(17)8-11(14)4-2/h5-7,11H,3-4,8-9,14H2,1-2H3,(H,16,17). The Morgan fingerprint density at radius 3 is 2.94 bits per heavy atom. The molecule has 17 heavy (non-hydrogen) atoms. The molecule has 0 radical (unpaired) electrons. The van der Waals surface area contributed by atoms with E-state index in [0.717, 1.165) is 18.5 Å². The number of nitrogens with zero attached hydrogens (tertiary/aromatic N) is 1. The summed E-state index contributed by atoms with van der Waals surface area (Å²) < 4.78 is 0. The number of hydrogen-bond acceptors (Lipinski definition) is 3. The van der Waals surface area contributed by atoms with E-state index in [-0.39, 0.29) is 11.9 Å². The second kappa shape index (κ2) is 7.01. The third-order valence-electron chi connectivity index (χ3n) is 2.79. The monoisotopic (exact) mass is 235 g/mol. The van der Waals surface area contributed by atoms with E-state index in [9.17, 15) is 4.79 Å². The van der Waals surface area contributed by atoms with Crippen LogP contribution in [0.25, 0.3) is 0 Å². The zero-order valence-electron chi connectivity index (χ0n) is 10.6. The Kier molecular flexibility index (Phi) is 5.63. The van der Waals surface area contributed by atoms with E-state index in [2.05, 4.69) is 17.2 Å². The first-order valence-corrected chi connectivity index (χ1v) is 6.12. The Bertz CT molecular complexity index is 365. The van der Waals surface area contributed by atoms with Crippen molar-refractivity contribution in [2.24, 2.45) is 5.73 Å². The van der Waals surface area contributed by atoms with Gasteiger partial charge in [-0.15, -0.1) is 0 Å². The highest BCUT2D eigenvalue weighted by atomic mass is 16.1. The number of amides is 1. The van der Waals surface area contributed by atoms with E-state index in [1.165, 1.54) is 5.56 Å². The molecule has 1 atom stereocenters. The molecule has 1 rings (SSSR count). The van der Waals surface area contributed by atoms with Gasteiger partial charge in [0.2, 0.25) is 5.91 Å². The van der Waals surface area contributed by atoms with Crippen LogP contribution in [-0.2, 0) is 17.8 Å². The van der Waals surface area contributed by atoms with Crippen molar-refractivity contribution < 1.29 is 4.79 Å². The molecule has 4 heteroatoms. The van der Waals surface area contributed by atoms with E-state index >= 15 is 0 Å². The van der Waals surface area contributed by atoms with Crippen molar-refractivity contribution in [3.63, 3.8) is 0 Å². The number of carbonyl (C=O) groups is 1. The first-order chi connectivity index (χ1) is 8.17. The number of nitrogens with two attached hydrogens (primary N) is 1. The molecular weight excluding hydrogens is 214 g/mol. The van der Waals surface area contributed by atoms with Crippen LogP contribution in [0.5, 0.6) is 0 Å². The maximum absolute atomic E-state index is 11.6. The minimum Gasteiger partial charge on any atom is -0.350 e. The van der Waals surface area contributed by atoms with Gasteiger partial charge < -0.3 is 11.1 Å². The molecule has 1 aromatic rings. The summed E-state index contributed by atoms with van der Waals surface area (Å²) in [6.45, 7) is 4.54. The normalized spacial score (nSPS) is 12.2. The van der Waals surface area contributed by atoms with Crippen LogP contribution in [0.1, 0.15) is 37.9 Å². The summed E-state index contributed by atoms with van der Waals surface area (Å²) in [5.74, 6) is -0.00736. The van der Waals surface area contributed by atoms with Crippen molar-refractivity contribution in [1.29, 1.82) is 0 Å². The Balaban J connectivity index is 2.47. The average molecular weight is 235 g/mol. The molecule has 0 spiro atoms. The smallest absolute Gasteiger partial charge is 0.221 e. The van der Waals surface area contributed by atoms with Crippen LogP contribution >= 0.6 is 0 Å². The molecule has 94 valence electrons. The molecular formula is C13H21N3O. The highest BCUT2D eigenvalue weighted by Gasteiger charge is 2.08. The number of hydrogen-bond donors (Lipinski definition) is 2. The van der Waals surface area contributed by atoms with Gasteiger partial charge in [0.15, 0.2) is 0 Å². The summed E-state index contributed by atoms with van der Waals surface area (Å²) in [5, 5.41) is 2.86. The zero-order valence-corrected chi connectivity index (χ0v) is 10.6. The maximum Gasteiger partial charge on any atom is 0.221 e. The molecule has 0 aliphatic heterocycles. The first kappa shape index (κ1) is 13.6. The summed E-state index contributed by atoms with van der Waals surface area (Å²) in [6, 6.07) is 3.90. The summed E-state index contributed by atoms with van der Waals surface area (Å²) >= 11 is 0. The fourth-order valence-corrected chi connectivity index (χ4v) is 1.59. The molecule has 1 heterocycles. The third-order valence-corrected chi connectivity index (χ3v) is 2.79. The largest absolute Gasteiger partial charge is 0.350 e. The summed E-state index contributed by atoms with van der Waals surface area (Å²) in [7, 11) is 0. The molecule has 0 bridgehead atoms. The second-order valence-corrected chi connectivity index (χ2v) is 4.11. The highest BCUT2D eigenvalue weighted by molar-refractivity contribution is 5.76. The minimum absolute atomic E-state index is 0.00736. The summed E-state index contributed by atoms with van der Waals surface area (Å²) in [4.78, 5) is 15.8. The number of aromatic nitrogens is 1. The van der Waals surface area contributed by atoms with Gasteiger partial charge in [-0.25, -0.2) is 0 Å². The molecule has 0 fully saturated rings. The Labute approximate surface area is 103 Å². The SMILES string of the molecule is CCc1cccnc1CNC(=O)CC(N)CC. The number of carbonyl (C=O) groups excluding carboxylic acids is 1. The van der Waals surface area contributed by atoms with Crippen molar-refractivity contribution >= 4 is 5.91 Å². The molecule has 0 aliphatic rings. The lowest BCUT2D eigenvalue weighted by Gasteiger charge is -2.10. The van der Waals surface area contributed by atoms with Gasteiger partial charge in [0, 0.05) is 18.7 Å². The van der Waals surface area contributed by atoms with Crippen LogP contribution < -0.4 is 11.1 Å². The van der Waals surface area contributed by atoms with E-state index in [4.69, 9.17) is 5.73 Å². The third kappa shape index (κ3) is 4.53. The molecule has 1 unspecified atom stereocenters. The molecule has 0 saturated carbocycles. The van der Waals surface area contributed by atoms with Gasteiger partial charge in [-0.3, -0.25) is 9.78 Å². The molecule has 1 aromatic heterocycles. The van der Waals surface area contributed by atoms with E-state index in [1.807, 2.05) is 19.1 Å². The van der Waals surface area contributed by atoms with Crippen molar-refractivity contribution in [3.05, 3.63) is 29.6 Å². The first-order valence-electron chi connectivity index (χ1n) is 6.12. The second-order valence-electron chi connectivity index (χ2n) is 4.11. The van der Waals surface area contributed by atoms with Crippen molar-refractivity contribution in [1.82, 2.24) is 10.3 Å². The fraction of sp³-hybridized carbons (Fsp3) is 0.538. The van der Waals surface area contributed by atoms with Gasteiger partial charge in [-0.2, -0.15) is 0 Å². The van der Waals surface area contributed by atoms with Crippen LogP contribution in [-0.4, -0.2) is 16.9 Å². The van der Waals surface area contributed by atoms with Gasteiger partial charge in [-0.1, -0.05) is 19.9 Å². The van der Waals surface area contributed by atoms with Crippen molar-refractivity contribution in [3.8, 4) is 0 Å². The number of nitrogens with one attached hydrogen (secondary N) is 1. The fourth-order valence-electron chi connectivity index (χ4n) is 1.59. The van der Waals surface area contributed by atoms with Crippen molar-refractivity contribution in [2.45, 2.75) is 45.7 Å². The van der Waals surface area contributed by atoms with Crippen LogP contribution in [0, 0.1) is 0 Å². The highest BCUT2D eigenvalue weighted by Crippen LogP contribution is 2.05. The van der Waals surface area contributed by atoms with Gasteiger partial charge in [0.25, 0.3) is 0 Å². The Morgan fingerprint density at radius 1 is 1.53 bits per heavy atom. The number of aryl methyl sites for hydroxylation is 1. The molecule has 4 nitrogen and oxygen atoms in total. The van der Waals surface area contributed by atoms with Gasteiger partial charge in [-0.05, 0) is 24.5 Å². The van der Waals surface area contributed by atoms with Gasteiger partial charge >= 0.3 is 0 Å². The number of rotatable bonds is 6. The predicted molar refractivity (Wildman–Crippen MR) is 68.3 cm³/mol. The zero-order chi connectivity index (χ0) is 12.7.